The van der Waals surface area contributed by atoms with Gasteiger partial charge in [-0.2, -0.15) is 0 Å². The highest BCUT2D eigenvalue weighted by Crippen LogP contribution is 2.38. The molecule has 0 radical (unpaired) electrons. The van der Waals surface area contributed by atoms with Gasteiger partial charge in [0.1, 0.15) is 4.90 Å². The topological polar surface area (TPSA) is 97.5 Å². The van der Waals surface area contributed by atoms with Crippen LogP contribution in [0.4, 0.5) is 5.69 Å². The summed E-state index contributed by atoms with van der Waals surface area (Å²) >= 11 is 0.870. The van der Waals surface area contributed by atoms with Crippen LogP contribution in [-0.2, 0) is 14.8 Å². The summed E-state index contributed by atoms with van der Waals surface area (Å²) < 4.78 is 35.0. The molecule has 9 heteroatoms. The molecule has 172 valence electrons. The van der Waals surface area contributed by atoms with Crippen molar-refractivity contribution in [3.63, 3.8) is 0 Å². The van der Waals surface area contributed by atoms with E-state index in [9.17, 15) is 18.0 Å². The number of unbranched alkanes of at least 4 members (excludes halogenated alkanes) is 1. The lowest BCUT2D eigenvalue weighted by Gasteiger charge is -2.24. The summed E-state index contributed by atoms with van der Waals surface area (Å²) in [6.07, 6.45) is 2.85. The number of anilines is 1. The Labute approximate surface area is 199 Å². The van der Waals surface area contributed by atoms with Crippen molar-refractivity contribution < 1.29 is 17.6 Å². The number of nitrogens with zero attached hydrogens (tertiary/aromatic N) is 2. The molecule has 0 bridgehead atoms. The molecule has 0 saturated heterocycles. The van der Waals surface area contributed by atoms with E-state index in [0.717, 1.165) is 22.1 Å². The summed E-state index contributed by atoms with van der Waals surface area (Å²) in [6.45, 7) is 1.94. The van der Waals surface area contributed by atoms with Crippen LogP contribution in [0, 0.1) is 0 Å². The summed E-state index contributed by atoms with van der Waals surface area (Å²) in [4.78, 5) is 29.2. The van der Waals surface area contributed by atoms with E-state index in [2.05, 4.69) is 4.98 Å². The normalized spacial score (nSPS) is 11.9. The van der Waals surface area contributed by atoms with Crippen molar-refractivity contribution in [2.75, 3.05) is 4.31 Å². The molecule has 34 heavy (non-hydrogen) atoms. The van der Waals surface area contributed by atoms with Gasteiger partial charge in [-0.25, -0.2) is 17.5 Å². The average molecular weight is 493 g/mol. The van der Waals surface area contributed by atoms with Crippen LogP contribution in [0.1, 0.15) is 26.2 Å². The van der Waals surface area contributed by atoms with Gasteiger partial charge in [0.05, 0.1) is 15.9 Å². The number of amides is 1. The maximum atomic E-state index is 14.1. The van der Waals surface area contributed by atoms with Crippen LogP contribution in [0.25, 0.3) is 32.0 Å². The van der Waals surface area contributed by atoms with Gasteiger partial charge < -0.3 is 4.42 Å². The Morgan fingerprint density at radius 3 is 2.62 bits per heavy atom. The van der Waals surface area contributed by atoms with Crippen molar-refractivity contribution in [1.82, 2.24) is 4.98 Å². The minimum atomic E-state index is -4.35. The number of hydrogen-bond acceptors (Lipinski definition) is 7. The number of benzene rings is 3. The molecule has 5 aromatic rings. The standard InChI is InChI=1S/C25H20N2O5S2/c1-2-3-13-22(28)27(34(30,31)21-12-6-8-16-9-7-14-26-23(16)21)19-15-20-24(32-25(29)33-20)18-11-5-4-10-17(18)19/h4-12,14-15H,2-3,13H2,1H3. The highest BCUT2D eigenvalue weighted by Gasteiger charge is 2.34. The molecule has 2 aromatic heterocycles. The molecule has 0 unspecified atom stereocenters. The lowest BCUT2D eigenvalue weighted by molar-refractivity contribution is -0.117. The Bertz CT molecular complexity index is 1720. The molecule has 0 N–H and O–H groups in total. The van der Waals surface area contributed by atoms with Crippen LogP contribution < -0.4 is 9.24 Å². The minimum Gasteiger partial charge on any atom is -0.413 e. The van der Waals surface area contributed by atoms with Gasteiger partial charge in [-0.15, -0.1) is 0 Å². The molecule has 0 atom stereocenters. The Balaban J connectivity index is 1.83. The van der Waals surface area contributed by atoms with Crippen LogP contribution >= 0.6 is 11.3 Å². The molecular weight excluding hydrogens is 472 g/mol. The number of carbonyl (C=O) groups is 1. The van der Waals surface area contributed by atoms with Crippen LogP contribution in [0.5, 0.6) is 0 Å². The zero-order valence-electron chi connectivity index (χ0n) is 18.2. The molecule has 0 aliphatic rings. The summed E-state index contributed by atoms with van der Waals surface area (Å²) in [6, 6.07) is 16.9. The number of aromatic nitrogens is 1. The number of rotatable bonds is 6. The van der Waals surface area contributed by atoms with Gasteiger partial charge in [0.2, 0.25) is 5.91 Å². The highest BCUT2D eigenvalue weighted by atomic mass is 32.2. The summed E-state index contributed by atoms with van der Waals surface area (Å²) in [5, 5.41) is 1.71. The quantitative estimate of drug-likeness (QED) is 0.312. The van der Waals surface area contributed by atoms with Crippen molar-refractivity contribution in [1.29, 1.82) is 0 Å². The SMILES string of the molecule is CCCCC(=O)N(c1cc2sc(=O)oc2c2ccccc12)S(=O)(=O)c1cccc2cccnc12. The predicted molar refractivity (Wildman–Crippen MR) is 134 cm³/mol. The third-order valence-electron chi connectivity index (χ3n) is 5.62. The summed E-state index contributed by atoms with van der Waals surface area (Å²) in [7, 11) is -4.35. The number of sulfonamides is 1. The van der Waals surface area contributed by atoms with E-state index in [1.54, 1.807) is 54.6 Å². The average Bonchev–Trinajstić information content (AvgIpc) is 3.22. The van der Waals surface area contributed by atoms with Crippen LogP contribution in [0.3, 0.4) is 0 Å². The van der Waals surface area contributed by atoms with Gasteiger partial charge in [0, 0.05) is 28.8 Å². The Hall–Kier alpha value is -3.56. The molecule has 0 spiro atoms. The van der Waals surface area contributed by atoms with Crippen molar-refractivity contribution >= 4 is 64.9 Å². The van der Waals surface area contributed by atoms with E-state index in [1.807, 2.05) is 6.92 Å². The fourth-order valence-electron chi connectivity index (χ4n) is 4.06. The highest BCUT2D eigenvalue weighted by molar-refractivity contribution is 7.93. The van der Waals surface area contributed by atoms with Crippen LogP contribution in [0.2, 0.25) is 0 Å². The Kier molecular flexibility index (Phi) is 5.66. The second kappa shape index (κ2) is 8.66. The first-order chi connectivity index (χ1) is 16.4. The van der Waals surface area contributed by atoms with Gasteiger partial charge in [0.15, 0.2) is 5.58 Å². The van der Waals surface area contributed by atoms with E-state index in [4.69, 9.17) is 4.42 Å². The first-order valence-corrected chi connectivity index (χ1v) is 13.0. The number of pyridine rings is 1. The molecule has 0 fully saturated rings. The number of para-hydroxylation sites is 1. The van der Waals surface area contributed by atoms with E-state index < -0.39 is 20.9 Å². The van der Waals surface area contributed by atoms with Crippen molar-refractivity contribution in [3.05, 3.63) is 76.6 Å². The molecule has 1 amide bonds. The maximum Gasteiger partial charge on any atom is 0.396 e. The number of carbonyl (C=O) groups excluding carboxylic acids is 1. The monoisotopic (exact) mass is 492 g/mol. The van der Waals surface area contributed by atoms with Crippen molar-refractivity contribution in [3.8, 4) is 0 Å². The molecule has 0 saturated carbocycles. The zero-order chi connectivity index (χ0) is 23.9. The largest absolute Gasteiger partial charge is 0.413 e. The molecule has 0 aliphatic heterocycles. The van der Waals surface area contributed by atoms with Crippen LogP contribution in [-0.4, -0.2) is 19.3 Å². The Morgan fingerprint density at radius 2 is 1.82 bits per heavy atom. The first-order valence-electron chi connectivity index (χ1n) is 10.8. The van der Waals surface area contributed by atoms with Gasteiger partial charge in [-0.1, -0.05) is 67.1 Å². The molecule has 7 nitrogen and oxygen atoms in total. The fourth-order valence-corrected chi connectivity index (χ4v) is 6.41. The fraction of sp³-hybridized carbons (Fsp3) is 0.160. The van der Waals surface area contributed by atoms with E-state index in [1.165, 1.54) is 12.3 Å². The molecular formula is C25H20N2O5S2. The summed E-state index contributed by atoms with van der Waals surface area (Å²) in [5.74, 6) is -0.546. The Morgan fingerprint density at radius 1 is 1.06 bits per heavy atom. The second-order valence-electron chi connectivity index (χ2n) is 7.82. The predicted octanol–water partition coefficient (Wildman–Crippen LogP) is 5.47. The molecule has 2 heterocycles. The lowest BCUT2D eigenvalue weighted by atomic mass is 10.1. The van der Waals surface area contributed by atoms with Gasteiger partial charge in [0.25, 0.3) is 10.0 Å². The second-order valence-corrected chi connectivity index (χ2v) is 10.6. The third-order valence-corrected chi connectivity index (χ3v) is 8.16. The van der Waals surface area contributed by atoms with E-state index in [-0.39, 0.29) is 22.5 Å². The molecule has 5 rings (SSSR count). The van der Waals surface area contributed by atoms with Crippen molar-refractivity contribution in [2.45, 2.75) is 31.1 Å². The van der Waals surface area contributed by atoms with E-state index in [0.29, 0.717) is 32.9 Å². The van der Waals surface area contributed by atoms with E-state index >= 15 is 0 Å². The maximum absolute atomic E-state index is 14.1. The minimum absolute atomic E-state index is 0.0555. The first kappa shape index (κ1) is 22.2. The molecule has 0 aliphatic carbocycles. The van der Waals surface area contributed by atoms with Gasteiger partial charge in [-0.05, 0) is 24.6 Å². The molecule has 3 aromatic carbocycles. The summed E-state index contributed by atoms with van der Waals surface area (Å²) in [5.41, 5.74) is 0.852. The smallest absolute Gasteiger partial charge is 0.396 e. The van der Waals surface area contributed by atoms with Crippen LogP contribution in [0.15, 0.2) is 81.0 Å². The zero-order valence-corrected chi connectivity index (χ0v) is 19.9. The number of fused-ring (bicyclic) bond motifs is 4. The number of hydrogen-bond donors (Lipinski definition) is 0. The van der Waals surface area contributed by atoms with Gasteiger partial charge >= 0.3 is 4.94 Å². The van der Waals surface area contributed by atoms with Crippen molar-refractivity contribution in [2.24, 2.45) is 0 Å². The van der Waals surface area contributed by atoms with Gasteiger partial charge in [-0.3, -0.25) is 9.78 Å². The lowest BCUT2D eigenvalue weighted by Crippen LogP contribution is -2.37. The third kappa shape index (κ3) is 3.66.